The molecule has 0 atom stereocenters. The second-order valence-corrected chi connectivity index (χ2v) is 10.6. The number of hydrogen-bond donors (Lipinski definition) is 3. The van der Waals surface area contributed by atoms with Crippen LogP contribution in [0.5, 0.6) is 5.75 Å². The Balaban J connectivity index is 0.957. The topological polar surface area (TPSA) is 164 Å². The van der Waals surface area contributed by atoms with Crippen molar-refractivity contribution in [1.82, 2.24) is 39.7 Å². The molecule has 45 heavy (non-hydrogen) atoms. The first kappa shape index (κ1) is 30.4. The summed E-state index contributed by atoms with van der Waals surface area (Å²) in [7, 11) is 0. The van der Waals surface area contributed by atoms with Gasteiger partial charge in [0.05, 0.1) is 25.2 Å². The van der Waals surface area contributed by atoms with Gasteiger partial charge in [-0.05, 0) is 12.1 Å². The summed E-state index contributed by atoms with van der Waals surface area (Å²) in [6.07, 6.45) is 1.53. The first-order chi connectivity index (χ1) is 21.9. The summed E-state index contributed by atoms with van der Waals surface area (Å²) in [4.78, 5) is 31.5. The fourth-order valence-corrected chi connectivity index (χ4v) is 5.18. The second-order valence-electron chi connectivity index (χ2n) is 10.6. The van der Waals surface area contributed by atoms with E-state index in [-0.39, 0.29) is 29.9 Å². The van der Waals surface area contributed by atoms with Crippen LogP contribution in [0.25, 0.3) is 17.4 Å². The molecule has 15 nitrogen and oxygen atoms in total. The fraction of sp³-hybridized carbons (Fsp3) is 0.464. The minimum absolute atomic E-state index is 0.135. The zero-order valence-corrected chi connectivity index (χ0v) is 24.6. The molecule has 6 rings (SSSR count). The van der Waals surface area contributed by atoms with Gasteiger partial charge in [-0.1, -0.05) is 0 Å². The molecule has 0 radical (unpaired) electrons. The van der Waals surface area contributed by atoms with E-state index in [1.54, 1.807) is 12.1 Å². The van der Waals surface area contributed by atoms with E-state index in [0.29, 0.717) is 88.9 Å². The summed E-state index contributed by atoms with van der Waals surface area (Å²) in [5, 5.41) is 10.2. The van der Waals surface area contributed by atoms with Gasteiger partial charge in [0, 0.05) is 77.6 Å². The Bertz CT molecular complexity index is 1590. The van der Waals surface area contributed by atoms with Gasteiger partial charge in [0.1, 0.15) is 5.82 Å². The summed E-state index contributed by atoms with van der Waals surface area (Å²) >= 11 is 0. The van der Waals surface area contributed by atoms with Crippen molar-refractivity contribution in [2.24, 2.45) is 0 Å². The van der Waals surface area contributed by atoms with E-state index >= 15 is 0 Å². The smallest absolute Gasteiger partial charge is 0.259 e. The van der Waals surface area contributed by atoms with Crippen LogP contribution in [0.2, 0.25) is 0 Å². The maximum Gasteiger partial charge on any atom is 0.259 e. The van der Waals surface area contributed by atoms with E-state index in [1.807, 2.05) is 4.90 Å². The number of aromatic nitrogens is 5. The van der Waals surface area contributed by atoms with Gasteiger partial charge in [0.15, 0.2) is 23.9 Å². The summed E-state index contributed by atoms with van der Waals surface area (Å²) in [5.74, 6) is -0.474. The molecule has 1 amide bonds. The molecule has 2 aliphatic heterocycles. The van der Waals surface area contributed by atoms with Crippen molar-refractivity contribution in [3.8, 4) is 17.3 Å². The lowest BCUT2D eigenvalue weighted by molar-refractivity contribution is -0.123. The number of piperazine rings is 1. The quantitative estimate of drug-likeness (QED) is 0.201. The highest BCUT2D eigenvalue weighted by Gasteiger charge is 2.22. The molecule has 3 aromatic heterocycles. The van der Waals surface area contributed by atoms with Crippen LogP contribution >= 0.6 is 0 Å². The number of ether oxygens (including phenoxy) is 2. The predicted octanol–water partition coefficient (Wildman–Crippen LogP) is 0.701. The van der Waals surface area contributed by atoms with Crippen LogP contribution in [-0.4, -0.2) is 126 Å². The Labute approximate surface area is 257 Å². The van der Waals surface area contributed by atoms with Crippen LogP contribution in [0.1, 0.15) is 0 Å². The average molecular weight is 628 g/mol. The van der Waals surface area contributed by atoms with Crippen LogP contribution in [-0.2, 0) is 9.53 Å². The number of nitrogens with two attached hydrogens (primary N) is 1. The number of carbonyl (C=O) groups is 1. The van der Waals surface area contributed by atoms with Crippen LogP contribution in [0, 0.1) is 11.6 Å². The predicted molar refractivity (Wildman–Crippen MR) is 160 cm³/mol. The number of anilines is 3. The minimum Gasteiger partial charge on any atom is -0.481 e. The molecular formula is C28H35F2N11O4. The van der Waals surface area contributed by atoms with E-state index in [2.05, 4.69) is 40.5 Å². The van der Waals surface area contributed by atoms with E-state index in [9.17, 15) is 13.6 Å². The number of furan rings is 1. The van der Waals surface area contributed by atoms with E-state index in [4.69, 9.17) is 19.6 Å². The van der Waals surface area contributed by atoms with Crippen molar-refractivity contribution in [3.05, 3.63) is 42.2 Å². The molecule has 0 unspecified atom stereocenters. The Kier molecular flexibility index (Phi) is 9.46. The van der Waals surface area contributed by atoms with Gasteiger partial charge in [0.2, 0.25) is 17.7 Å². The third kappa shape index (κ3) is 7.55. The highest BCUT2D eigenvalue weighted by atomic mass is 19.1. The molecule has 240 valence electrons. The first-order valence-electron chi connectivity index (χ1n) is 14.8. The first-order valence-corrected chi connectivity index (χ1v) is 14.8. The number of nitrogens with zero attached hydrogens (tertiary/aromatic N) is 8. The van der Waals surface area contributed by atoms with Crippen LogP contribution < -0.4 is 26.0 Å². The molecule has 5 heterocycles. The highest BCUT2D eigenvalue weighted by molar-refractivity contribution is 5.77. The lowest BCUT2D eigenvalue weighted by atomic mass is 10.2. The Morgan fingerprint density at radius 3 is 2.53 bits per heavy atom. The summed E-state index contributed by atoms with van der Waals surface area (Å²) < 4.78 is 46.7. The average Bonchev–Trinajstić information content (AvgIpc) is 3.73. The molecule has 2 fully saturated rings. The molecule has 0 spiro atoms. The van der Waals surface area contributed by atoms with Gasteiger partial charge >= 0.3 is 0 Å². The number of benzene rings is 1. The Morgan fingerprint density at radius 1 is 0.978 bits per heavy atom. The number of nitrogen functional groups attached to an aromatic ring is 1. The molecule has 1 aromatic carbocycles. The molecule has 17 heteroatoms. The third-order valence-electron chi connectivity index (χ3n) is 7.61. The van der Waals surface area contributed by atoms with Gasteiger partial charge < -0.3 is 35.2 Å². The molecular weight excluding hydrogens is 592 g/mol. The monoisotopic (exact) mass is 627 g/mol. The second kappa shape index (κ2) is 14.0. The lowest BCUT2D eigenvalue weighted by Crippen LogP contribution is -2.48. The molecule has 2 saturated heterocycles. The zero-order valence-electron chi connectivity index (χ0n) is 24.6. The molecule has 0 saturated carbocycles. The van der Waals surface area contributed by atoms with Gasteiger partial charge in [-0.25, -0.2) is 8.78 Å². The number of hydrogen-bond acceptors (Lipinski definition) is 13. The number of nitrogens with one attached hydrogen (secondary N) is 2. The maximum absolute atomic E-state index is 14.8. The van der Waals surface area contributed by atoms with Crippen LogP contribution in [0.15, 0.2) is 34.9 Å². The number of carbonyl (C=O) groups excluding carboxylic acids is 1. The van der Waals surface area contributed by atoms with Crippen molar-refractivity contribution in [3.63, 3.8) is 0 Å². The number of halogens is 2. The van der Waals surface area contributed by atoms with Gasteiger partial charge in [-0.3, -0.25) is 14.6 Å². The number of morpholine rings is 1. The van der Waals surface area contributed by atoms with E-state index in [1.165, 1.54) is 16.8 Å². The van der Waals surface area contributed by atoms with Crippen molar-refractivity contribution < 1.29 is 27.5 Å². The zero-order chi connectivity index (χ0) is 31.2. The maximum atomic E-state index is 14.8. The Hall–Kier alpha value is -4.61. The molecule has 4 aromatic rings. The summed E-state index contributed by atoms with van der Waals surface area (Å²) in [5.41, 5.74) is 6.29. The van der Waals surface area contributed by atoms with Crippen molar-refractivity contribution in [2.45, 2.75) is 0 Å². The normalized spacial score (nSPS) is 16.3. The molecule has 2 aliphatic rings. The fourth-order valence-electron chi connectivity index (χ4n) is 5.18. The van der Waals surface area contributed by atoms with Gasteiger partial charge in [0.25, 0.3) is 11.7 Å². The van der Waals surface area contributed by atoms with Crippen molar-refractivity contribution in [1.29, 1.82) is 0 Å². The van der Waals surface area contributed by atoms with Gasteiger partial charge in [-0.15, -0.1) is 5.10 Å². The van der Waals surface area contributed by atoms with Gasteiger partial charge in [-0.2, -0.15) is 19.5 Å². The van der Waals surface area contributed by atoms with Crippen LogP contribution in [0.3, 0.4) is 0 Å². The van der Waals surface area contributed by atoms with E-state index in [0.717, 1.165) is 19.2 Å². The van der Waals surface area contributed by atoms with Crippen molar-refractivity contribution >= 4 is 29.3 Å². The number of amides is 1. The summed E-state index contributed by atoms with van der Waals surface area (Å²) in [6, 6.07) is 5.60. The molecule has 0 aliphatic carbocycles. The standard InChI is InChI=1S/C28H35F2N11O4/c29-19-16-20(30)23(45-18-24(42)32-3-5-39-11-14-43-15-12-39)17-21(19)40-9-7-38(8-10-40)6-4-33-27-35-26(31)41-28(36-27)34-25(37-41)22-2-1-13-44-22/h1-2,13,16-17H,3-12,14-15,18H2,(H,32,42)(H3,31,33,34,35,36,37). The van der Waals surface area contributed by atoms with E-state index < -0.39 is 11.6 Å². The van der Waals surface area contributed by atoms with Crippen LogP contribution in [0.4, 0.5) is 26.4 Å². The lowest BCUT2D eigenvalue weighted by Gasteiger charge is -2.36. The highest BCUT2D eigenvalue weighted by Crippen LogP contribution is 2.29. The SMILES string of the molecule is Nc1nc(NCCN2CCN(c3cc(OCC(=O)NCCN4CCOCC4)c(F)cc3F)CC2)nc2nc(-c3ccco3)nn12. The largest absolute Gasteiger partial charge is 0.481 e. The number of rotatable bonds is 12. The minimum atomic E-state index is -0.855. The third-order valence-corrected chi connectivity index (χ3v) is 7.61. The molecule has 4 N–H and O–H groups in total. The number of fused-ring (bicyclic) bond motifs is 1. The summed E-state index contributed by atoms with van der Waals surface area (Å²) in [6.45, 7) is 7.34. The molecule has 0 bridgehead atoms. The van der Waals surface area contributed by atoms with Crippen molar-refractivity contribution in [2.75, 3.05) is 101 Å². The Morgan fingerprint density at radius 2 is 1.76 bits per heavy atom.